The summed E-state index contributed by atoms with van der Waals surface area (Å²) in [6.07, 6.45) is 1.67. The van der Waals surface area contributed by atoms with E-state index in [4.69, 9.17) is 4.74 Å². The Morgan fingerprint density at radius 3 is 2.09 bits per heavy atom. The number of halogens is 2. The van der Waals surface area contributed by atoms with E-state index in [2.05, 4.69) is 0 Å². The van der Waals surface area contributed by atoms with Gasteiger partial charge in [-0.05, 0) is 49.2 Å². The zero-order chi connectivity index (χ0) is 15.7. The number of esters is 1. The van der Waals surface area contributed by atoms with Crippen LogP contribution in [0.2, 0.25) is 0 Å². The zero-order valence-corrected chi connectivity index (χ0v) is 11.5. The Bertz CT molecular complexity index is 714. The van der Waals surface area contributed by atoms with Crippen LogP contribution in [0, 0.1) is 17.6 Å². The molecule has 1 saturated carbocycles. The van der Waals surface area contributed by atoms with Crippen LogP contribution < -0.4 is 4.74 Å². The largest absolute Gasteiger partial charge is 0.426 e. The summed E-state index contributed by atoms with van der Waals surface area (Å²) >= 11 is 0. The average Bonchev–Trinajstić information content (AvgIpc) is 3.32. The Hall–Kier alpha value is -2.56. The van der Waals surface area contributed by atoms with E-state index in [9.17, 15) is 18.4 Å². The highest BCUT2D eigenvalue weighted by Crippen LogP contribution is 2.31. The molecule has 2 aromatic carbocycles. The van der Waals surface area contributed by atoms with Gasteiger partial charge in [-0.1, -0.05) is 6.07 Å². The number of rotatable bonds is 4. The lowest BCUT2D eigenvalue weighted by Crippen LogP contribution is -2.10. The molecule has 0 atom stereocenters. The highest BCUT2D eigenvalue weighted by molar-refractivity contribution is 6.09. The molecule has 2 aromatic rings. The minimum Gasteiger partial charge on any atom is -0.426 e. The molecule has 3 rings (SSSR count). The number of hydrogen-bond donors (Lipinski definition) is 0. The summed E-state index contributed by atoms with van der Waals surface area (Å²) in [4.78, 5) is 23.7. The van der Waals surface area contributed by atoms with Crippen LogP contribution in [-0.2, 0) is 4.79 Å². The van der Waals surface area contributed by atoms with Crippen LogP contribution >= 0.6 is 0 Å². The maximum Gasteiger partial charge on any atom is 0.314 e. The van der Waals surface area contributed by atoms with Crippen LogP contribution in [0.25, 0.3) is 0 Å². The van der Waals surface area contributed by atoms with E-state index in [0.717, 1.165) is 25.0 Å². The standard InChI is InChI=1S/C17H12F2O3/c18-13-2-1-3-14(19)15(13)16(20)10-6-8-12(9-7-10)22-17(21)11-4-5-11/h1-3,6-9,11H,4-5H2. The van der Waals surface area contributed by atoms with Crippen molar-refractivity contribution in [1.82, 2.24) is 0 Å². The second-order valence-electron chi connectivity index (χ2n) is 5.15. The summed E-state index contributed by atoms with van der Waals surface area (Å²) in [6, 6.07) is 8.89. The van der Waals surface area contributed by atoms with E-state index in [1.54, 1.807) is 0 Å². The van der Waals surface area contributed by atoms with Gasteiger partial charge in [0, 0.05) is 5.56 Å². The van der Waals surface area contributed by atoms with E-state index in [-0.39, 0.29) is 17.5 Å². The van der Waals surface area contributed by atoms with Crippen molar-refractivity contribution in [1.29, 1.82) is 0 Å². The molecule has 0 unspecified atom stereocenters. The molecule has 0 N–H and O–H groups in total. The van der Waals surface area contributed by atoms with Crippen LogP contribution in [0.3, 0.4) is 0 Å². The molecule has 1 fully saturated rings. The highest BCUT2D eigenvalue weighted by atomic mass is 19.1. The van der Waals surface area contributed by atoms with Crippen molar-refractivity contribution < 1.29 is 23.1 Å². The molecule has 22 heavy (non-hydrogen) atoms. The number of hydrogen-bond acceptors (Lipinski definition) is 3. The Balaban J connectivity index is 1.80. The van der Waals surface area contributed by atoms with Gasteiger partial charge < -0.3 is 4.74 Å². The lowest BCUT2D eigenvalue weighted by molar-refractivity contribution is -0.135. The first-order valence-corrected chi connectivity index (χ1v) is 6.87. The molecule has 0 spiro atoms. The molecule has 0 aliphatic heterocycles. The minimum atomic E-state index is -0.908. The van der Waals surface area contributed by atoms with Crippen molar-refractivity contribution in [3.63, 3.8) is 0 Å². The Kier molecular flexibility index (Phi) is 3.71. The third kappa shape index (κ3) is 2.88. The smallest absolute Gasteiger partial charge is 0.314 e. The number of ether oxygens (including phenoxy) is 1. The molecule has 112 valence electrons. The molecule has 1 aliphatic rings. The first-order chi connectivity index (χ1) is 10.6. The average molecular weight is 302 g/mol. The lowest BCUT2D eigenvalue weighted by Gasteiger charge is -2.06. The van der Waals surface area contributed by atoms with Gasteiger partial charge >= 0.3 is 5.97 Å². The fourth-order valence-electron chi connectivity index (χ4n) is 2.05. The second kappa shape index (κ2) is 5.67. The van der Waals surface area contributed by atoms with Crippen molar-refractivity contribution >= 4 is 11.8 Å². The van der Waals surface area contributed by atoms with Gasteiger partial charge in [-0.25, -0.2) is 8.78 Å². The Labute approximate surface area is 125 Å². The van der Waals surface area contributed by atoms with Gasteiger partial charge in [0.1, 0.15) is 17.4 Å². The van der Waals surface area contributed by atoms with E-state index in [0.29, 0.717) is 5.75 Å². The van der Waals surface area contributed by atoms with Crippen molar-refractivity contribution in [3.05, 3.63) is 65.2 Å². The lowest BCUT2D eigenvalue weighted by atomic mass is 10.0. The summed E-state index contributed by atoms with van der Waals surface area (Å²) < 4.78 is 32.3. The fourth-order valence-corrected chi connectivity index (χ4v) is 2.05. The molecular weight excluding hydrogens is 290 g/mol. The van der Waals surface area contributed by atoms with Crippen LogP contribution in [0.15, 0.2) is 42.5 Å². The molecule has 1 aliphatic carbocycles. The van der Waals surface area contributed by atoms with Crippen molar-refractivity contribution in [3.8, 4) is 5.75 Å². The van der Waals surface area contributed by atoms with Gasteiger partial charge in [0.05, 0.1) is 11.5 Å². The molecule has 0 bridgehead atoms. The molecule has 3 nitrogen and oxygen atoms in total. The van der Waals surface area contributed by atoms with E-state index in [1.165, 1.54) is 30.3 Å². The molecular formula is C17H12F2O3. The van der Waals surface area contributed by atoms with Crippen molar-refractivity contribution in [2.75, 3.05) is 0 Å². The van der Waals surface area contributed by atoms with Gasteiger partial charge in [0.2, 0.25) is 0 Å². The van der Waals surface area contributed by atoms with Gasteiger partial charge in [-0.15, -0.1) is 0 Å². The van der Waals surface area contributed by atoms with Crippen LogP contribution in [0.4, 0.5) is 8.78 Å². The van der Waals surface area contributed by atoms with E-state index < -0.39 is 23.0 Å². The molecule has 0 radical (unpaired) electrons. The Morgan fingerprint density at radius 1 is 0.955 bits per heavy atom. The number of carbonyl (C=O) groups excluding carboxylic acids is 2. The molecule has 5 heteroatoms. The quantitative estimate of drug-likeness (QED) is 0.493. The van der Waals surface area contributed by atoms with E-state index >= 15 is 0 Å². The number of benzene rings is 2. The predicted octanol–water partition coefficient (Wildman–Crippen LogP) is 3.51. The molecule has 0 saturated heterocycles. The van der Waals surface area contributed by atoms with Crippen LogP contribution in [-0.4, -0.2) is 11.8 Å². The summed E-state index contributed by atoms with van der Waals surface area (Å²) in [5.74, 6) is -2.59. The van der Waals surface area contributed by atoms with Crippen LogP contribution in [0.1, 0.15) is 28.8 Å². The first-order valence-electron chi connectivity index (χ1n) is 6.87. The van der Waals surface area contributed by atoms with Crippen molar-refractivity contribution in [2.24, 2.45) is 5.92 Å². The Morgan fingerprint density at radius 2 is 1.55 bits per heavy atom. The monoisotopic (exact) mass is 302 g/mol. The normalized spacial score (nSPS) is 13.7. The molecule has 0 heterocycles. The minimum absolute atomic E-state index is 0.0335. The third-order valence-corrected chi connectivity index (χ3v) is 3.44. The van der Waals surface area contributed by atoms with Gasteiger partial charge in [-0.2, -0.15) is 0 Å². The van der Waals surface area contributed by atoms with E-state index in [1.807, 2.05) is 0 Å². The SMILES string of the molecule is O=C(c1ccc(OC(=O)C2CC2)cc1)c1c(F)cccc1F. The fraction of sp³-hybridized carbons (Fsp3) is 0.176. The summed E-state index contributed by atoms with van der Waals surface area (Å²) in [6.45, 7) is 0. The van der Waals surface area contributed by atoms with Crippen molar-refractivity contribution in [2.45, 2.75) is 12.8 Å². The topological polar surface area (TPSA) is 43.4 Å². The third-order valence-electron chi connectivity index (χ3n) is 3.44. The summed E-state index contributed by atoms with van der Waals surface area (Å²) in [7, 11) is 0. The summed E-state index contributed by atoms with van der Waals surface area (Å²) in [5, 5.41) is 0. The van der Waals surface area contributed by atoms with Crippen LogP contribution in [0.5, 0.6) is 5.75 Å². The maximum absolute atomic E-state index is 13.6. The maximum atomic E-state index is 13.6. The predicted molar refractivity (Wildman–Crippen MR) is 74.6 cm³/mol. The molecule has 0 aromatic heterocycles. The second-order valence-corrected chi connectivity index (χ2v) is 5.15. The van der Waals surface area contributed by atoms with Gasteiger partial charge in [0.15, 0.2) is 5.78 Å². The van der Waals surface area contributed by atoms with Gasteiger partial charge in [-0.3, -0.25) is 9.59 Å². The van der Waals surface area contributed by atoms with Gasteiger partial charge in [0.25, 0.3) is 0 Å². The zero-order valence-electron chi connectivity index (χ0n) is 11.5. The number of ketones is 1. The first kappa shape index (κ1) is 14.4. The number of carbonyl (C=O) groups is 2. The highest BCUT2D eigenvalue weighted by Gasteiger charge is 2.31. The molecule has 0 amide bonds. The summed E-state index contributed by atoms with van der Waals surface area (Å²) in [5.41, 5.74) is -0.472.